The molecule has 3 nitrogen and oxygen atoms in total. The Morgan fingerprint density at radius 1 is 1.16 bits per heavy atom. The van der Waals surface area contributed by atoms with Crippen LogP contribution in [0.2, 0.25) is 0 Å². The van der Waals surface area contributed by atoms with Crippen molar-refractivity contribution in [2.75, 3.05) is 5.32 Å². The summed E-state index contributed by atoms with van der Waals surface area (Å²) in [6.45, 7) is 1.94. The van der Waals surface area contributed by atoms with Crippen LogP contribution in [0, 0.1) is 0 Å². The van der Waals surface area contributed by atoms with Crippen LogP contribution in [0.5, 0.6) is 0 Å². The van der Waals surface area contributed by atoms with Gasteiger partial charge in [-0.25, -0.2) is 0 Å². The molecule has 2 aromatic carbocycles. The highest BCUT2D eigenvalue weighted by Gasteiger charge is 2.29. The molecule has 0 fully saturated rings. The van der Waals surface area contributed by atoms with Crippen LogP contribution in [-0.4, -0.2) is 18.7 Å². The average molecular weight is 361 g/mol. The second kappa shape index (κ2) is 8.16. The van der Waals surface area contributed by atoms with Crippen molar-refractivity contribution in [3.8, 4) is 0 Å². The molecule has 0 atom stereocenters. The monoisotopic (exact) mass is 361 g/mol. The number of anilines is 1. The number of benzene rings is 2. The summed E-state index contributed by atoms with van der Waals surface area (Å²) in [5.74, 6) is 0. The van der Waals surface area contributed by atoms with E-state index in [1.807, 2.05) is 19.1 Å². The van der Waals surface area contributed by atoms with Crippen molar-refractivity contribution in [1.82, 2.24) is 5.43 Å². The number of alkyl halides is 3. The van der Waals surface area contributed by atoms with Gasteiger partial charge in [0.2, 0.25) is 0 Å². The zero-order valence-electron chi connectivity index (χ0n) is 13.4. The maximum absolute atomic E-state index is 12.5. The highest BCUT2D eigenvalue weighted by atomic mass is 32.1. The summed E-state index contributed by atoms with van der Waals surface area (Å²) in [6, 6.07) is 11.9. The Bertz CT molecular complexity index is 773. The second-order valence-corrected chi connectivity index (χ2v) is 5.59. The van der Waals surface area contributed by atoms with E-state index in [9.17, 15) is 13.2 Å². The summed E-state index contributed by atoms with van der Waals surface area (Å²) in [4.78, 5) is 0. The van der Waals surface area contributed by atoms with Crippen molar-refractivity contribution >= 4 is 42.0 Å². The van der Waals surface area contributed by atoms with Gasteiger partial charge in [0, 0.05) is 5.69 Å². The molecule has 25 heavy (non-hydrogen) atoms. The summed E-state index contributed by atoms with van der Waals surface area (Å²) >= 11 is 5.11. The van der Waals surface area contributed by atoms with E-state index in [-0.39, 0.29) is 5.11 Å². The average Bonchev–Trinajstić information content (AvgIpc) is 2.55. The predicted molar refractivity (Wildman–Crippen MR) is 99.5 cm³/mol. The molecule has 0 unspecified atom stereocenters. The lowest BCUT2D eigenvalue weighted by molar-refractivity contribution is -0.137. The number of hydrogen-bond donors (Lipinski definition) is 2. The van der Waals surface area contributed by atoms with E-state index < -0.39 is 11.7 Å². The molecule has 128 valence electrons. The van der Waals surface area contributed by atoms with Gasteiger partial charge in [0.15, 0.2) is 5.11 Å². The number of hydrazone groups is 1. The van der Waals surface area contributed by atoms with Crippen LogP contribution in [-0.2, 0) is 6.18 Å². The number of hydrogen-bond acceptors (Lipinski definition) is 2. The maximum atomic E-state index is 12.5. The normalized spacial score (nSPS) is 11.9. The van der Waals surface area contributed by atoms with Gasteiger partial charge in [0.05, 0.1) is 11.3 Å². The van der Waals surface area contributed by atoms with E-state index in [1.54, 1.807) is 12.1 Å². The van der Waals surface area contributed by atoms with Crippen molar-refractivity contribution in [3.05, 3.63) is 59.7 Å². The standard InChI is InChI=1S/C17H15BF3N3S/c1-2-15(11-4-3-5-13(18)10-11)23-24-16(25)22-14-8-6-12(7-9-14)17(19,20)21/h3-10H,2H2,1H3,(H2,22,24,25)/b23-15+. The van der Waals surface area contributed by atoms with Gasteiger partial charge in [0.1, 0.15) is 7.85 Å². The highest BCUT2D eigenvalue weighted by molar-refractivity contribution is 7.80. The van der Waals surface area contributed by atoms with Crippen molar-refractivity contribution in [3.63, 3.8) is 0 Å². The molecule has 0 amide bonds. The Kier molecular flexibility index (Phi) is 6.19. The minimum Gasteiger partial charge on any atom is -0.331 e. The first kappa shape index (κ1) is 19.0. The largest absolute Gasteiger partial charge is 0.416 e. The first-order valence-corrected chi connectivity index (χ1v) is 7.87. The Morgan fingerprint density at radius 2 is 1.84 bits per heavy atom. The Balaban J connectivity index is 2.01. The maximum Gasteiger partial charge on any atom is 0.416 e. The first-order valence-electron chi connectivity index (χ1n) is 7.46. The lowest BCUT2D eigenvalue weighted by atomic mass is 9.93. The molecule has 0 heterocycles. The lowest BCUT2D eigenvalue weighted by Crippen LogP contribution is -2.25. The quantitative estimate of drug-likeness (QED) is 0.378. The molecule has 2 radical (unpaired) electrons. The van der Waals surface area contributed by atoms with Gasteiger partial charge in [-0.15, -0.1) is 0 Å². The Morgan fingerprint density at radius 3 is 2.40 bits per heavy atom. The molecular formula is C17H15BF3N3S. The fourth-order valence-corrected chi connectivity index (χ4v) is 2.25. The van der Waals surface area contributed by atoms with E-state index in [2.05, 4.69) is 15.8 Å². The molecule has 0 bridgehead atoms. The fourth-order valence-electron chi connectivity index (χ4n) is 2.09. The van der Waals surface area contributed by atoms with Gasteiger partial charge < -0.3 is 5.32 Å². The molecule has 0 saturated heterocycles. The van der Waals surface area contributed by atoms with E-state index in [0.29, 0.717) is 17.6 Å². The highest BCUT2D eigenvalue weighted by Crippen LogP contribution is 2.29. The molecule has 0 aromatic heterocycles. The molecule has 2 aromatic rings. The molecule has 2 rings (SSSR count). The number of halogens is 3. The second-order valence-electron chi connectivity index (χ2n) is 5.18. The van der Waals surface area contributed by atoms with Gasteiger partial charge in [-0.1, -0.05) is 36.7 Å². The number of thiocarbonyl (C=S) groups is 1. The fraction of sp³-hybridized carbons (Fsp3) is 0.176. The Hall–Kier alpha value is -2.35. The Labute approximate surface area is 150 Å². The molecule has 0 aliphatic rings. The third kappa shape index (κ3) is 5.60. The van der Waals surface area contributed by atoms with Crippen molar-refractivity contribution in [1.29, 1.82) is 0 Å². The van der Waals surface area contributed by atoms with Gasteiger partial charge in [-0.05, 0) is 48.5 Å². The third-order valence-electron chi connectivity index (χ3n) is 3.32. The molecule has 0 spiro atoms. The molecule has 2 N–H and O–H groups in total. The molecule has 8 heteroatoms. The summed E-state index contributed by atoms with van der Waals surface area (Å²) in [5, 5.41) is 7.19. The van der Waals surface area contributed by atoms with Crippen molar-refractivity contribution in [2.45, 2.75) is 19.5 Å². The van der Waals surface area contributed by atoms with Crippen LogP contribution in [0.25, 0.3) is 0 Å². The molecule has 0 saturated carbocycles. The van der Waals surface area contributed by atoms with Crippen LogP contribution in [0.1, 0.15) is 24.5 Å². The van der Waals surface area contributed by atoms with Gasteiger partial charge in [-0.3, -0.25) is 5.43 Å². The SMILES string of the molecule is [B]c1cccc(/C(CC)=N/NC(=S)Nc2ccc(C(F)(F)F)cc2)c1. The topological polar surface area (TPSA) is 36.4 Å². The van der Waals surface area contributed by atoms with Crippen molar-refractivity contribution < 1.29 is 13.2 Å². The molecular weight excluding hydrogens is 346 g/mol. The summed E-state index contributed by atoms with van der Waals surface area (Å²) in [5.41, 5.74) is 4.66. The predicted octanol–water partition coefficient (Wildman–Crippen LogP) is 3.60. The smallest absolute Gasteiger partial charge is 0.331 e. The minimum absolute atomic E-state index is 0.176. The van der Waals surface area contributed by atoms with Gasteiger partial charge >= 0.3 is 6.18 Å². The summed E-state index contributed by atoms with van der Waals surface area (Å²) in [7, 11) is 5.76. The first-order chi connectivity index (χ1) is 11.8. The van der Waals surface area contributed by atoms with Crippen LogP contribution < -0.4 is 16.2 Å². The van der Waals surface area contributed by atoms with Crippen molar-refractivity contribution in [2.24, 2.45) is 5.10 Å². The zero-order valence-corrected chi connectivity index (χ0v) is 14.2. The number of rotatable bonds is 4. The van der Waals surface area contributed by atoms with Gasteiger partial charge in [-0.2, -0.15) is 18.3 Å². The third-order valence-corrected chi connectivity index (χ3v) is 3.51. The molecule has 0 aliphatic heterocycles. The number of nitrogens with one attached hydrogen (secondary N) is 2. The van der Waals surface area contributed by atoms with Gasteiger partial charge in [0.25, 0.3) is 0 Å². The number of nitrogens with zero attached hydrogens (tertiary/aromatic N) is 1. The van der Waals surface area contributed by atoms with E-state index in [4.69, 9.17) is 20.1 Å². The van der Waals surface area contributed by atoms with Crippen LogP contribution in [0.15, 0.2) is 53.6 Å². The van der Waals surface area contributed by atoms with E-state index in [0.717, 1.165) is 23.4 Å². The lowest BCUT2D eigenvalue weighted by Gasteiger charge is -2.11. The zero-order chi connectivity index (χ0) is 18.4. The van der Waals surface area contributed by atoms with E-state index >= 15 is 0 Å². The van der Waals surface area contributed by atoms with Crippen LogP contribution >= 0.6 is 12.2 Å². The van der Waals surface area contributed by atoms with Crippen LogP contribution in [0.4, 0.5) is 18.9 Å². The summed E-state index contributed by atoms with van der Waals surface area (Å²) in [6.07, 6.45) is -3.71. The molecule has 0 aliphatic carbocycles. The van der Waals surface area contributed by atoms with E-state index in [1.165, 1.54) is 12.1 Å². The summed E-state index contributed by atoms with van der Waals surface area (Å²) < 4.78 is 37.6. The van der Waals surface area contributed by atoms with Crippen LogP contribution in [0.3, 0.4) is 0 Å². The minimum atomic E-state index is -4.37.